The molecule has 0 aromatic heterocycles. The Balaban J connectivity index is 7.62. The molecule has 33 heavy (non-hydrogen) atoms. The molecule has 0 heterocycles. The third kappa shape index (κ3) is 5.49. The lowest BCUT2D eigenvalue weighted by atomic mass is 11.8. The van der Waals surface area contributed by atoms with Gasteiger partial charge >= 0.3 is 0 Å². The van der Waals surface area contributed by atoms with Crippen LogP contribution in [0, 0.1) is 0 Å². The number of rotatable bonds is 10. The summed E-state index contributed by atoms with van der Waals surface area (Å²) >= 11 is 0. The third-order valence-corrected chi connectivity index (χ3v) is 237. The molecule has 0 N–H and O–H groups in total. The van der Waals surface area contributed by atoms with Gasteiger partial charge < -0.3 is 4.12 Å². The Kier molecular flexibility index (Phi) is 10.0. The minimum Gasteiger partial charge on any atom is -0.461 e. The van der Waals surface area contributed by atoms with Crippen LogP contribution in [0.1, 0.15) is 0 Å². The molecule has 0 aromatic carbocycles. The van der Waals surface area contributed by atoms with Crippen LogP contribution in [0.25, 0.3) is 0 Å². The molecule has 0 rings (SSSR count). The normalized spacial score (nSPS) is 16.9. The van der Waals surface area contributed by atoms with Gasteiger partial charge in [0.1, 0.15) is 0 Å². The highest BCUT2D eigenvalue weighted by molar-refractivity contribution is 8.08. The minimum atomic E-state index is -1.88. The Morgan fingerprint density at radius 1 is 0.242 bits per heavy atom. The second-order valence-electron chi connectivity index (χ2n) is 18.1. The molecule has 0 amide bonds. The van der Waals surface area contributed by atoms with Gasteiger partial charge in [-0.05, 0) is 26.2 Å². The van der Waals surface area contributed by atoms with Crippen molar-refractivity contribution in [3.63, 3.8) is 0 Å². The van der Waals surface area contributed by atoms with Crippen molar-refractivity contribution in [3.8, 4) is 0 Å². The van der Waals surface area contributed by atoms with Crippen molar-refractivity contribution in [2.75, 3.05) is 0 Å². The molecular weight excluding hydrogens is 561 g/mol. The maximum atomic E-state index is 8.32. The van der Waals surface area contributed by atoms with E-state index in [2.05, 4.69) is 144 Å². The Hall–Kier alpha value is 2.13. The second kappa shape index (κ2) is 9.40. The Bertz CT molecular complexity index is 558. The van der Waals surface area contributed by atoms with Crippen molar-refractivity contribution in [1.29, 1.82) is 0 Å². The number of hydrogen-bond acceptors (Lipinski definition) is 1. The maximum absolute atomic E-state index is 8.32. The summed E-state index contributed by atoms with van der Waals surface area (Å²) in [6.45, 7) is 61.2. The molecule has 0 aliphatic carbocycles. The fourth-order valence-electron chi connectivity index (χ4n) is 13.0. The fourth-order valence-corrected chi connectivity index (χ4v) is 352. The van der Waals surface area contributed by atoms with E-state index >= 15 is 0 Å². The van der Waals surface area contributed by atoms with Crippen LogP contribution in [0.4, 0.5) is 0 Å². The molecule has 0 aromatic rings. The zero-order valence-electron chi connectivity index (χ0n) is 27.4. The topological polar surface area (TPSA) is 9.23 Å². The van der Waals surface area contributed by atoms with Crippen LogP contribution in [0.5, 0.6) is 0 Å². The molecule has 0 spiro atoms. The smallest absolute Gasteiger partial charge is 0.153 e. The molecule has 0 bridgehead atoms. The van der Waals surface area contributed by atoms with Crippen molar-refractivity contribution >= 4 is 73.5 Å². The molecule has 11 heteroatoms. The molecule has 0 saturated carbocycles. The lowest BCUT2D eigenvalue weighted by Gasteiger charge is -2.68. The first kappa shape index (κ1) is 35.1. The molecule has 0 atom stereocenters. The highest BCUT2D eigenvalue weighted by Gasteiger charge is 2.75. The van der Waals surface area contributed by atoms with Crippen molar-refractivity contribution in [3.05, 3.63) is 0 Å². The number of hydrogen-bond donors (Lipinski definition) is 0. The maximum Gasteiger partial charge on any atom is 0.153 e. The summed E-state index contributed by atoms with van der Waals surface area (Å²) in [5.74, 6) is 0. The summed E-state index contributed by atoms with van der Waals surface area (Å²) in [7, 11) is -12.0. The second-order valence-corrected chi connectivity index (χ2v) is 125. The predicted molar refractivity (Wildman–Crippen MR) is 188 cm³/mol. The largest absolute Gasteiger partial charge is 0.461 e. The van der Waals surface area contributed by atoms with Gasteiger partial charge in [0.05, 0.1) is 12.3 Å². The van der Waals surface area contributed by atoms with E-state index in [1.807, 2.05) is 0 Å². The average molecular weight is 628 g/mol. The van der Waals surface area contributed by atoms with Gasteiger partial charge in [0.15, 0.2) is 15.7 Å². The van der Waals surface area contributed by atoms with E-state index in [0.717, 1.165) is 0 Å². The summed E-state index contributed by atoms with van der Waals surface area (Å²) in [6.07, 6.45) is -3.11. The van der Waals surface area contributed by atoms with Gasteiger partial charge in [-0.2, -0.15) is 0 Å². The first-order valence-electron chi connectivity index (χ1n) is 13.4. The summed E-state index contributed by atoms with van der Waals surface area (Å²) < 4.78 is 8.32. The molecular formula is C22H66OSi10. The highest BCUT2D eigenvalue weighted by atomic mass is 30.2. The zero-order chi connectivity index (χ0) is 27.7. The molecule has 200 valence electrons. The van der Waals surface area contributed by atoms with E-state index in [4.69, 9.17) is 4.12 Å². The van der Waals surface area contributed by atoms with E-state index in [-0.39, 0.29) is 0 Å². The van der Waals surface area contributed by atoms with Crippen LogP contribution in [-0.2, 0) is 4.12 Å². The van der Waals surface area contributed by atoms with E-state index < -0.39 is 73.5 Å². The van der Waals surface area contributed by atoms with E-state index in [1.54, 1.807) is 0 Å². The van der Waals surface area contributed by atoms with Crippen LogP contribution in [0.3, 0.4) is 0 Å². The fraction of sp³-hybridized carbons (Fsp3) is 1.00. The lowest BCUT2D eigenvalue weighted by molar-refractivity contribution is 0.585. The van der Waals surface area contributed by atoms with E-state index in [0.29, 0.717) is 0 Å². The Morgan fingerprint density at radius 2 is 0.364 bits per heavy atom. The zero-order valence-corrected chi connectivity index (χ0v) is 37.4. The van der Waals surface area contributed by atoms with E-state index in [1.165, 1.54) is 0 Å². The van der Waals surface area contributed by atoms with Crippen LogP contribution in [-0.4, -0.2) is 73.5 Å². The van der Waals surface area contributed by atoms with Crippen molar-refractivity contribution in [1.82, 2.24) is 0 Å². The summed E-state index contributed by atoms with van der Waals surface area (Å²) in [4.78, 5) is 0. The predicted octanol–water partition coefficient (Wildman–Crippen LogP) is 8.97. The quantitative estimate of drug-likeness (QED) is 0.220. The average Bonchev–Trinajstić information content (AvgIpc) is 2.22. The molecule has 0 aliphatic rings. The van der Waals surface area contributed by atoms with E-state index in [9.17, 15) is 0 Å². The SMILES string of the molecule is C[Si](C)(C)[Si]([Si](C)(C)C)([Si](C)(C)C)[Si](C)(C)O[Si](C)(C)[Si]([Si](C)(C)C)([Si](C)(C)C)[Si](C)(C)C. The van der Waals surface area contributed by atoms with Crippen molar-refractivity contribution in [2.24, 2.45) is 0 Å². The van der Waals surface area contributed by atoms with Crippen molar-refractivity contribution in [2.45, 2.75) is 144 Å². The van der Waals surface area contributed by atoms with Gasteiger partial charge in [0.2, 0.25) is 0 Å². The van der Waals surface area contributed by atoms with Gasteiger partial charge in [-0.1, -0.05) is 118 Å². The molecule has 1 nitrogen and oxygen atoms in total. The molecule has 0 aliphatic heterocycles. The van der Waals surface area contributed by atoms with Gasteiger partial charge in [-0.3, -0.25) is 0 Å². The molecule has 0 fully saturated rings. The Morgan fingerprint density at radius 3 is 0.455 bits per heavy atom. The van der Waals surface area contributed by atoms with Crippen molar-refractivity contribution < 1.29 is 4.12 Å². The van der Waals surface area contributed by atoms with Crippen LogP contribution in [0.2, 0.25) is 144 Å². The van der Waals surface area contributed by atoms with Gasteiger partial charge in [0.25, 0.3) is 0 Å². The van der Waals surface area contributed by atoms with Gasteiger partial charge in [0, 0.05) is 45.5 Å². The molecule has 0 unspecified atom stereocenters. The highest BCUT2D eigenvalue weighted by Crippen LogP contribution is 2.49. The summed E-state index contributed by atoms with van der Waals surface area (Å²) in [5.41, 5.74) is 0. The molecule has 0 saturated heterocycles. The van der Waals surface area contributed by atoms with Gasteiger partial charge in [-0.25, -0.2) is 0 Å². The monoisotopic (exact) mass is 626 g/mol. The first-order chi connectivity index (χ1) is 13.7. The van der Waals surface area contributed by atoms with Crippen LogP contribution < -0.4 is 0 Å². The Labute approximate surface area is 220 Å². The minimum absolute atomic E-state index is 1.37. The first-order valence-corrected chi connectivity index (χ1v) is 52.2. The van der Waals surface area contributed by atoms with Crippen LogP contribution in [0.15, 0.2) is 0 Å². The summed E-state index contributed by atoms with van der Waals surface area (Å²) in [5, 5.41) is 0. The lowest BCUT2D eigenvalue weighted by Crippen LogP contribution is -2.97. The standard InChI is InChI=1S/C22H66OSi10/c1-24(2,3)32(25(4,5)6,26(7,8)9)30(19,20)23-31(21,22)33(27(10,11)12,28(13,14)15)29(16,17)18/h1-22H3. The molecule has 0 radical (unpaired) electrons. The van der Waals surface area contributed by atoms with Gasteiger partial charge in [-0.15, -0.1) is 0 Å². The third-order valence-electron chi connectivity index (χ3n) is 9.07. The van der Waals surface area contributed by atoms with Crippen LogP contribution >= 0.6 is 0 Å². The summed E-state index contributed by atoms with van der Waals surface area (Å²) in [6, 6.07) is 0.